The molecule has 1 heterocycles. The van der Waals surface area contributed by atoms with Crippen LogP contribution < -0.4 is 0 Å². The number of benzene rings is 1. The Bertz CT molecular complexity index is 716. The monoisotopic (exact) mass is 301 g/mol. The summed E-state index contributed by atoms with van der Waals surface area (Å²) in [4.78, 5) is 24.1. The van der Waals surface area contributed by atoms with Crippen LogP contribution in [0, 0.1) is 21.4 Å². The van der Waals surface area contributed by atoms with Crippen LogP contribution in [0.5, 0.6) is 0 Å². The van der Waals surface area contributed by atoms with E-state index in [1.54, 1.807) is 31.3 Å². The van der Waals surface area contributed by atoms with Crippen molar-refractivity contribution in [2.24, 2.45) is 0 Å². The molecule has 0 unspecified atom stereocenters. The molecule has 106 valence electrons. The lowest BCUT2D eigenvalue weighted by atomic mass is 10.1. The zero-order valence-electron chi connectivity index (χ0n) is 11.1. The van der Waals surface area contributed by atoms with Gasteiger partial charge in [-0.2, -0.15) is 5.26 Å². The van der Waals surface area contributed by atoms with E-state index in [1.165, 1.54) is 17.0 Å². The van der Waals surface area contributed by atoms with Gasteiger partial charge in [-0.1, -0.05) is 23.5 Å². The topological polar surface area (TPSA) is 87.2 Å². The molecule has 0 bridgehead atoms. The van der Waals surface area contributed by atoms with E-state index < -0.39 is 4.92 Å². The lowest BCUT2D eigenvalue weighted by molar-refractivity contribution is -0.380. The third-order valence-electron chi connectivity index (χ3n) is 2.83. The van der Waals surface area contributed by atoms with Crippen LogP contribution in [0.4, 0.5) is 5.00 Å². The molecule has 0 aliphatic heterocycles. The first-order valence-electron chi connectivity index (χ1n) is 6.00. The maximum Gasteiger partial charge on any atom is 0.324 e. The smallest absolute Gasteiger partial charge is 0.324 e. The maximum absolute atomic E-state index is 12.2. The summed E-state index contributed by atoms with van der Waals surface area (Å²) >= 11 is 0.861. The largest absolute Gasteiger partial charge is 0.337 e. The number of amides is 1. The number of rotatable bonds is 4. The molecule has 1 amide bonds. The number of nitro groups is 1. The quantitative estimate of drug-likeness (QED) is 0.641. The molecule has 0 aliphatic rings. The van der Waals surface area contributed by atoms with Crippen molar-refractivity contribution in [3.05, 3.63) is 62.5 Å². The van der Waals surface area contributed by atoms with Gasteiger partial charge in [0.05, 0.1) is 21.4 Å². The van der Waals surface area contributed by atoms with Crippen LogP contribution in [0.15, 0.2) is 36.4 Å². The third-order valence-corrected chi connectivity index (χ3v) is 3.86. The van der Waals surface area contributed by atoms with E-state index in [0.29, 0.717) is 17.0 Å². The minimum atomic E-state index is -0.512. The SMILES string of the molecule is CN(Cc1ccc(C#N)cc1)C(=O)c1ccc([N+](=O)[O-])s1. The highest BCUT2D eigenvalue weighted by Crippen LogP contribution is 2.25. The third kappa shape index (κ3) is 3.43. The van der Waals surface area contributed by atoms with Gasteiger partial charge in [0.25, 0.3) is 5.91 Å². The van der Waals surface area contributed by atoms with Crippen molar-refractivity contribution in [3.63, 3.8) is 0 Å². The van der Waals surface area contributed by atoms with E-state index in [9.17, 15) is 14.9 Å². The van der Waals surface area contributed by atoms with Crippen molar-refractivity contribution in [1.82, 2.24) is 4.90 Å². The molecule has 0 saturated carbocycles. The Balaban J connectivity index is 2.07. The van der Waals surface area contributed by atoms with Crippen molar-refractivity contribution in [3.8, 4) is 6.07 Å². The Hall–Kier alpha value is -2.72. The molecule has 2 aromatic rings. The van der Waals surface area contributed by atoms with Gasteiger partial charge in [-0.3, -0.25) is 14.9 Å². The number of nitrogens with zero attached hydrogens (tertiary/aromatic N) is 3. The minimum Gasteiger partial charge on any atom is -0.337 e. The fourth-order valence-corrected chi connectivity index (χ4v) is 2.57. The van der Waals surface area contributed by atoms with Crippen molar-refractivity contribution < 1.29 is 9.72 Å². The van der Waals surface area contributed by atoms with Gasteiger partial charge in [0, 0.05) is 19.7 Å². The van der Waals surface area contributed by atoms with Crippen LogP contribution in [0.25, 0.3) is 0 Å². The number of hydrogen-bond donors (Lipinski definition) is 0. The first-order chi connectivity index (χ1) is 10.0. The maximum atomic E-state index is 12.2. The highest BCUT2D eigenvalue weighted by Gasteiger charge is 2.18. The van der Waals surface area contributed by atoms with Gasteiger partial charge < -0.3 is 4.90 Å². The van der Waals surface area contributed by atoms with Crippen LogP contribution >= 0.6 is 11.3 Å². The predicted octanol–water partition coefficient (Wildman–Crippen LogP) is 2.80. The van der Waals surface area contributed by atoms with E-state index in [0.717, 1.165) is 16.9 Å². The molecule has 1 aromatic carbocycles. The van der Waals surface area contributed by atoms with Crippen molar-refractivity contribution >= 4 is 22.2 Å². The number of nitriles is 1. The number of thiophene rings is 1. The fraction of sp³-hybridized carbons (Fsp3) is 0.143. The number of carbonyl (C=O) groups is 1. The first kappa shape index (κ1) is 14.7. The van der Waals surface area contributed by atoms with Gasteiger partial charge in [-0.15, -0.1) is 0 Å². The summed E-state index contributed by atoms with van der Waals surface area (Å²) < 4.78 is 0. The van der Waals surface area contributed by atoms with Crippen molar-refractivity contribution in [2.45, 2.75) is 6.54 Å². The number of carbonyl (C=O) groups excluding carboxylic acids is 1. The normalized spacial score (nSPS) is 9.90. The van der Waals surface area contributed by atoms with Gasteiger partial charge in [-0.05, 0) is 23.8 Å². The Morgan fingerprint density at radius 3 is 2.52 bits per heavy atom. The average molecular weight is 301 g/mol. The molecule has 6 nitrogen and oxygen atoms in total. The van der Waals surface area contributed by atoms with E-state index in [4.69, 9.17) is 5.26 Å². The van der Waals surface area contributed by atoms with E-state index in [1.807, 2.05) is 6.07 Å². The average Bonchev–Trinajstić information content (AvgIpc) is 2.97. The molecule has 7 heteroatoms. The summed E-state index contributed by atoms with van der Waals surface area (Å²) in [6.07, 6.45) is 0. The summed E-state index contributed by atoms with van der Waals surface area (Å²) in [5.41, 5.74) is 1.44. The molecule has 21 heavy (non-hydrogen) atoms. The summed E-state index contributed by atoms with van der Waals surface area (Å²) in [5.74, 6) is -0.266. The van der Waals surface area contributed by atoms with Crippen LogP contribution in [0.2, 0.25) is 0 Å². The van der Waals surface area contributed by atoms with Gasteiger partial charge >= 0.3 is 5.00 Å². The molecule has 0 N–H and O–H groups in total. The highest BCUT2D eigenvalue weighted by atomic mass is 32.1. The van der Waals surface area contributed by atoms with E-state index >= 15 is 0 Å². The minimum absolute atomic E-state index is 0.0508. The molecule has 0 fully saturated rings. The van der Waals surface area contributed by atoms with Crippen molar-refractivity contribution in [1.29, 1.82) is 5.26 Å². The summed E-state index contributed by atoms with van der Waals surface area (Å²) in [5, 5.41) is 19.3. The molecule has 0 atom stereocenters. The molecule has 0 spiro atoms. The second-order valence-corrected chi connectivity index (χ2v) is 5.43. The predicted molar refractivity (Wildman–Crippen MR) is 77.9 cm³/mol. The van der Waals surface area contributed by atoms with Gasteiger partial charge in [0.1, 0.15) is 0 Å². The van der Waals surface area contributed by atoms with E-state index in [2.05, 4.69) is 0 Å². The number of hydrogen-bond acceptors (Lipinski definition) is 5. The zero-order valence-corrected chi connectivity index (χ0v) is 12.0. The molecule has 0 saturated heterocycles. The molecular formula is C14H11N3O3S. The zero-order chi connectivity index (χ0) is 15.4. The van der Waals surface area contributed by atoms with Crippen LogP contribution in [0.3, 0.4) is 0 Å². The summed E-state index contributed by atoms with van der Waals surface area (Å²) in [6.45, 7) is 0.371. The lowest BCUT2D eigenvalue weighted by Gasteiger charge is -2.16. The van der Waals surface area contributed by atoms with Gasteiger partial charge in [0.15, 0.2) is 0 Å². The van der Waals surface area contributed by atoms with Gasteiger partial charge in [0.2, 0.25) is 0 Å². The molecular weight excluding hydrogens is 290 g/mol. The lowest BCUT2D eigenvalue weighted by Crippen LogP contribution is -2.25. The Morgan fingerprint density at radius 1 is 1.33 bits per heavy atom. The standard InChI is InChI=1S/C14H11N3O3S/c1-16(9-11-4-2-10(8-15)3-5-11)14(18)12-6-7-13(21-12)17(19)20/h2-7H,9H2,1H3. The fourth-order valence-electron chi connectivity index (χ4n) is 1.76. The Kier molecular flexibility index (Phi) is 4.30. The second-order valence-electron chi connectivity index (χ2n) is 4.36. The second kappa shape index (κ2) is 6.15. The highest BCUT2D eigenvalue weighted by molar-refractivity contribution is 7.17. The molecule has 2 rings (SSSR count). The van der Waals surface area contributed by atoms with E-state index in [-0.39, 0.29) is 10.9 Å². The molecule has 1 aromatic heterocycles. The Labute approximate surface area is 125 Å². The van der Waals surface area contributed by atoms with Crippen LogP contribution in [-0.4, -0.2) is 22.8 Å². The summed E-state index contributed by atoms with van der Waals surface area (Å²) in [7, 11) is 1.63. The summed E-state index contributed by atoms with van der Waals surface area (Å²) in [6, 6.07) is 11.7. The van der Waals surface area contributed by atoms with Crippen LogP contribution in [0.1, 0.15) is 20.8 Å². The Morgan fingerprint density at radius 2 is 2.00 bits per heavy atom. The van der Waals surface area contributed by atoms with Crippen LogP contribution in [-0.2, 0) is 6.54 Å². The first-order valence-corrected chi connectivity index (χ1v) is 6.81. The van der Waals surface area contributed by atoms with Gasteiger partial charge in [-0.25, -0.2) is 0 Å². The molecule has 0 aliphatic carbocycles. The van der Waals surface area contributed by atoms with Crippen molar-refractivity contribution in [2.75, 3.05) is 7.05 Å². The molecule has 0 radical (unpaired) electrons.